The lowest BCUT2D eigenvalue weighted by Gasteiger charge is -2.27. The van der Waals surface area contributed by atoms with Gasteiger partial charge in [0.25, 0.3) is 0 Å². The number of esters is 2. The molecule has 0 fully saturated rings. The van der Waals surface area contributed by atoms with Gasteiger partial charge in [0.05, 0.1) is 57.7 Å². The Labute approximate surface area is 904 Å². The summed E-state index contributed by atoms with van der Waals surface area (Å²) in [6.07, 6.45) is 115. The SMILES string of the molecule is CCCCCCCCCCCCCCN(CCCCN(CCCCCCCCCCCCCC)CC(O)CNCC(=O)NCCCCCCCCCCCC)CC(=O)NCCCCCCCCCC.CCCCCCCCCCCCCCN(CCCCN(CCCCCCCCCCCCCC)CC(O)CNCC(=O)OCCCCCCCCCCCC)CC(O)CNCC(=O)OCCCCCCCCCCCC. The maximum absolute atomic E-state index is 13.2. The van der Waals surface area contributed by atoms with Crippen molar-refractivity contribution < 1.29 is 44.0 Å². The highest BCUT2D eigenvalue weighted by molar-refractivity contribution is 5.78. The van der Waals surface area contributed by atoms with Crippen LogP contribution in [-0.2, 0) is 28.7 Å². The van der Waals surface area contributed by atoms with Gasteiger partial charge in [-0.15, -0.1) is 0 Å². The molecule has 0 aromatic carbocycles. The third kappa shape index (κ3) is 120. The van der Waals surface area contributed by atoms with Crippen LogP contribution in [0.1, 0.15) is 633 Å². The molecule has 3 atom stereocenters. The summed E-state index contributed by atoms with van der Waals surface area (Å²) in [6.45, 7) is 32.5. The summed E-state index contributed by atoms with van der Waals surface area (Å²) in [5, 5.41) is 49.5. The lowest BCUT2D eigenvalue weighted by Crippen LogP contribution is -2.42. The van der Waals surface area contributed by atoms with Crippen LogP contribution >= 0.6 is 0 Å². The van der Waals surface area contributed by atoms with Gasteiger partial charge >= 0.3 is 11.9 Å². The van der Waals surface area contributed by atoms with Gasteiger partial charge in [-0.3, -0.25) is 24.1 Å². The summed E-state index contributed by atoms with van der Waals surface area (Å²) in [6, 6.07) is 0. The monoisotopic (exact) mass is 2060 g/mol. The third-order valence-corrected chi connectivity index (χ3v) is 30.2. The second-order valence-electron chi connectivity index (χ2n) is 45.2. The first kappa shape index (κ1) is 145. The summed E-state index contributed by atoms with van der Waals surface area (Å²) in [4.78, 5) is 60.5. The predicted molar refractivity (Wildman–Crippen MR) is 631 cm³/mol. The number of aliphatic hydroxyl groups excluding tert-OH is 3. The molecule has 0 aliphatic carbocycles. The summed E-state index contributed by atoms with van der Waals surface area (Å²) in [7, 11) is 0. The first-order valence-electron chi connectivity index (χ1n) is 65.2. The van der Waals surface area contributed by atoms with Gasteiger partial charge in [-0.2, -0.15) is 0 Å². The van der Waals surface area contributed by atoms with E-state index >= 15 is 0 Å². The van der Waals surface area contributed by atoms with E-state index < -0.39 is 18.3 Å². The summed E-state index contributed by atoms with van der Waals surface area (Å²) in [5.41, 5.74) is 0. The van der Waals surface area contributed by atoms with Crippen molar-refractivity contribution in [3.05, 3.63) is 0 Å². The number of carbonyl (C=O) groups excluding carboxylic acids is 4. The van der Waals surface area contributed by atoms with Gasteiger partial charge < -0.3 is 66.1 Å². The van der Waals surface area contributed by atoms with Crippen molar-refractivity contribution in [2.75, 3.05) is 144 Å². The Bertz CT molecular complexity index is 2410. The molecule has 0 spiro atoms. The zero-order chi connectivity index (χ0) is 105. The first-order valence-corrected chi connectivity index (χ1v) is 65.2. The molecule has 0 aromatic heterocycles. The second kappa shape index (κ2) is 125. The lowest BCUT2D eigenvalue weighted by atomic mass is 10.1. The molecule has 0 heterocycles. The van der Waals surface area contributed by atoms with Crippen LogP contribution in [0.3, 0.4) is 0 Å². The van der Waals surface area contributed by atoms with Crippen LogP contribution in [0.2, 0.25) is 0 Å². The maximum atomic E-state index is 13.2. The van der Waals surface area contributed by atoms with Gasteiger partial charge in [0, 0.05) is 52.4 Å². The molecule has 2 amide bonds. The maximum Gasteiger partial charge on any atom is 0.319 e. The molecule has 18 heteroatoms. The van der Waals surface area contributed by atoms with Gasteiger partial charge in [-0.1, -0.05) is 556 Å². The number of carbonyl (C=O) groups is 4. The Kier molecular flexibility index (Phi) is 125. The molecular formula is C127H259N9O9. The highest BCUT2D eigenvalue weighted by Crippen LogP contribution is 2.22. The van der Waals surface area contributed by atoms with Crippen LogP contribution in [0.4, 0.5) is 0 Å². The van der Waals surface area contributed by atoms with Gasteiger partial charge in [0.1, 0.15) is 0 Å². The molecule has 0 bridgehead atoms. The van der Waals surface area contributed by atoms with Crippen molar-refractivity contribution in [3.63, 3.8) is 0 Å². The van der Waals surface area contributed by atoms with Crippen LogP contribution in [0.25, 0.3) is 0 Å². The number of nitrogens with one attached hydrogen (secondary N) is 5. The number of rotatable bonds is 124. The molecule has 0 aliphatic heterocycles. The minimum absolute atomic E-state index is 0.0290. The van der Waals surface area contributed by atoms with Gasteiger partial charge in [0.2, 0.25) is 11.8 Å². The van der Waals surface area contributed by atoms with Crippen molar-refractivity contribution in [1.29, 1.82) is 0 Å². The molecular weight excluding hydrogens is 1800 g/mol. The van der Waals surface area contributed by atoms with Crippen molar-refractivity contribution in [2.45, 2.75) is 652 Å². The van der Waals surface area contributed by atoms with E-state index in [0.717, 1.165) is 142 Å². The second-order valence-corrected chi connectivity index (χ2v) is 45.2. The Morgan fingerprint density at radius 3 is 0.559 bits per heavy atom. The zero-order valence-electron chi connectivity index (χ0n) is 99.0. The van der Waals surface area contributed by atoms with E-state index in [2.05, 4.69) is 102 Å². The third-order valence-electron chi connectivity index (χ3n) is 30.2. The fourth-order valence-electron chi connectivity index (χ4n) is 20.6. The lowest BCUT2D eigenvalue weighted by molar-refractivity contribution is -0.143. The van der Waals surface area contributed by atoms with Crippen LogP contribution in [0.15, 0.2) is 0 Å². The molecule has 0 aromatic rings. The molecule has 0 aliphatic rings. The fourth-order valence-corrected chi connectivity index (χ4v) is 20.6. The van der Waals surface area contributed by atoms with E-state index in [1.165, 1.54) is 501 Å². The average molecular weight is 2060 g/mol. The van der Waals surface area contributed by atoms with Gasteiger partial charge in [-0.25, -0.2) is 0 Å². The van der Waals surface area contributed by atoms with E-state index in [4.69, 9.17) is 9.47 Å². The minimum Gasteiger partial charge on any atom is -0.465 e. The standard InChI is InChI=1S/C66H134N4O6.C61H125N5O3/c1-5-9-13-17-21-25-29-31-33-37-41-45-51-69(61-63(71)57-67-59-65(73)75-55-49-43-39-35-27-23-19-15-11-7-3)53-47-48-54-70(52-46-42-38-34-32-30-26-22-18-14-10-6-2)62-64(72)58-68-60-66(74)76-56-50-44-40-36-28-24-20-16-12-8-4;1-5-9-13-17-21-25-28-30-33-37-41-45-51-65(57-59(67)55-62-56-60(68)63-49-43-39-36-32-27-23-19-15-11-7-3)53-47-48-54-66(52-46-42-38-34-31-29-26-22-18-14-10-6-2)58-61(69)64-50-44-40-35-24-20-16-12-8-4/h63-64,67-68,71-72H,5-62H2,1-4H3;59,62,67H,5-58H2,1-4H3,(H,63,68)(H,64,69). The Morgan fingerprint density at radius 1 is 0.193 bits per heavy atom. The van der Waals surface area contributed by atoms with Gasteiger partial charge in [0.15, 0.2) is 0 Å². The predicted octanol–water partition coefficient (Wildman–Crippen LogP) is 32.6. The van der Waals surface area contributed by atoms with E-state index in [1.54, 1.807) is 0 Å². The Balaban J connectivity index is 0. The molecule has 0 saturated carbocycles. The van der Waals surface area contributed by atoms with E-state index in [-0.39, 0.29) is 43.4 Å². The molecule has 866 valence electrons. The van der Waals surface area contributed by atoms with Crippen molar-refractivity contribution in [3.8, 4) is 0 Å². The Morgan fingerprint density at radius 2 is 0.352 bits per heavy atom. The van der Waals surface area contributed by atoms with Crippen LogP contribution in [0, 0.1) is 0 Å². The zero-order valence-corrected chi connectivity index (χ0v) is 99.0. The van der Waals surface area contributed by atoms with Crippen LogP contribution in [0.5, 0.6) is 0 Å². The van der Waals surface area contributed by atoms with E-state index in [0.29, 0.717) is 59.0 Å². The highest BCUT2D eigenvalue weighted by Gasteiger charge is 2.20. The van der Waals surface area contributed by atoms with Crippen LogP contribution < -0.4 is 26.6 Å². The van der Waals surface area contributed by atoms with E-state index in [1.807, 2.05) is 0 Å². The Hall–Kier alpha value is -2.52. The number of unbranched alkanes of at least 4 members (excludes halogenated alkanes) is 80. The van der Waals surface area contributed by atoms with Gasteiger partial charge in [-0.05, 0) is 129 Å². The summed E-state index contributed by atoms with van der Waals surface area (Å²) >= 11 is 0. The van der Waals surface area contributed by atoms with Crippen molar-refractivity contribution in [2.24, 2.45) is 0 Å². The molecule has 3 unspecified atom stereocenters. The molecule has 0 saturated heterocycles. The number of aliphatic hydroxyl groups is 3. The first-order chi connectivity index (χ1) is 71.3. The number of hydrogen-bond donors (Lipinski definition) is 8. The molecule has 0 rings (SSSR count). The smallest absolute Gasteiger partial charge is 0.319 e. The number of amides is 2. The highest BCUT2D eigenvalue weighted by atomic mass is 16.5. The van der Waals surface area contributed by atoms with Crippen molar-refractivity contribution in [1.82, 2.24) is 46.2 Å². The quantitative estimate of drug-likeness (QED) is 0.0210. The molecule has 0 radical (unpaired) electrons. The average Bonchev–Trinajstić information content (AvgIpc) is 0.949. The molecule has 8 N–H and O–H groups in total. The number of nitrogens with zero attached hydrogens (tertiary/aromatic N) is 4. The number of ether oxygens (including phenoxy) is 2. The van der Waals surface area contributed by atoms with Crippen LogP contribution in [-0.4, -0.2) is 221 Å². The fraction of sp³-hybridized carbons (Fsp3) is 0.969. The van der Waals surface area contributed by atoms with E-state index in [9.17, 15) is 34.5 Å². The molecule has 145 heavy (non-hydrogen) atoms. The van der Waals surface area contributed by atoms with Crippen molar-refractivity contribution >= 4 is 23.8 Å². The normalized spacial score (nSPS) is 12.4. The largest absolute Gasteiger partial charge is 0.465 e. The topological polar surface area (TPSA) is 221 Å². The minimum atomic E-state index is -0.561. The summed E-state index contributed by atoms with van der Waals surface area (Å²) in [5.74, 6) is -0.250. The summed E-state index contributed by atoms with van der Waals surface area (Å²) < 4.78 is 11.0. The number of hydrogen-bond acceptors (Lipinski definition) is 16. The molecule has 18 nitrogen and oxygen atoms in total.